The molecule has 3 rings (SSSR count). The first-order valence-corrected chi connectivity index (χ1v) is 9.18. The minimum Gasteiger partial charge on any atom is -0.342 e. The average molecular weight is 343 g/mol. The van der Waals surface area contributed by atoms with Crippen molar-refractivity contribution in [1.82, 2.24) is 9.80 Å². The van der Waals surface area contributed by atoms with Gasteiger partial charge in [0.05, 0.1) is 0 Å². The van der Waals surface area contributed by atoms with Gasteiger partial charge >= 0.3 is 0 Å². The van der Waals surface area contributed by atoms with Crippen molar-refractivity contribution in [2.45, 2.75) is 50.6 Å². The number of carbonyl (C=O) groups is 1. The van der Waals surface area contributed by atoms with Crippen LogP contribution in [0.15, 0.2) is 24.3 Å². The van der Waals surface area contributed by atoms with Crippen LogP contribution in [0.3, 0.4) is 0 Å². The largest absolute Gasteiger partial charge is 0.342 e. The molecule has 1 amide bonds. The highest BCUT2D eigenvalue weighted by Gasteiger charge is 2.44. The fourth-order valence-corrected chi connectivity index (χ4v) is 4.29. The second-order valence-corrected chi connectivity index (χ2v) is 7.28. The van der Waals surface area contributed by atoms with E-state index < -0.39 is 5.54 Å². The van der Waals surface area contributed by atoms with Gasteiger partial charge in [0.2, 0.25) is 5.91 Å². The van der Waals surface area contributed by atoms with Crippen molar-refractivity contribution in [3.63, 3.8) is 0 Å². The molecule has 0 radical (unpaired) electrons. The number of halogens is 1. The Morgan fingerprint density at radius 3 is 2.44 bits per heavy atom. The molecule has 1 saturated carbocycles. The smallest absolute Gasteiger partial charge is 0.257 e. The Bertz CT molecular complexity index is 644. The maximum absolute atomic E-state index is 13.2. The lowest BCUT2D eigenvalue weighted by atomic mass is 9.75. The Labute approximate surface area is 149 Å². The molecular formula is C20H26FN3O. The Kier molecular flexibility index (Phi) is 5.39. The molecular weight excluding hydrogens is 317 g/mol. The molecule has 1 aliphatic carbocycles. The molecule has 2 aliphatic rings. The van der Waals surface area contributed by atoms with Crippen LogP contribution in [0.5, 0.6) is 0 Å². The average Bonchev–Trinajstić information content (AvgIpc) is 2.89. The Morgan fingerprint density at radius 2 is 1.84 bits per heavy atom. The summed E-state index contributed by atoms with van der Waals surface area (Å²) in [4.78, 5) is 20.0. The Hall–Kier alpha value is -1.93. The van der Waals surface area contributed by atoms with E-state index in [0.29, 0.717) is 6.04 Å². The van der Waals surface area contributed by atoms with E-state index in [0.717, 1.165) is 63.8 Å². The molecule has 1 aromatic rings. The standard InChI is InChI=1S/C20H26FN3O/c1-16(25)23-12-3-13-24(15-14-23)19-8-10-20(22-2,11-9-19)17-4-6-18(21)7-5-17/h4-7,19H,3,8-15H2,1H3. The summed E-state index contributed by atoms with van der Waals surface area (Å²) in [5.74, 6) is -0.0917. The molecule has 1 aliphatic heterocycles. The quantitative estimate of drug-likeness (QED) is 0.770. The number of rotatable bonds is 2. The van der Waals surface area contributed by atoms with Gasteiger partial charge in [0.1, 0.15) is 5.82 Å². The van der Waals surface area contributed by atoms with Gasteiger partial charge in [0.25, 0.3) is 5.54 Å². The van der Waals surface area contributed by atoms with Crippen molar-refractivity contribution < 1.29 is 9.18 Å². The summed E-state index contributed by atoms with van der Waals surface area (Å²) in [6, 6.07) is 6.94. The zero-order chi connectivity index (χ0) is 17.9. The molecule has 0 unspecified atom stereocenters. The predicted octanol–water partition coefficient (Wildman–Crippen LogP) is 3.44. The van der Waals surface area contributed by atoms with Crippen molar-refractivity contribution in [3.05, 3.63) is 47.1 Å². The molecule has 2 fully saturated rings. The van der Waals surface area contributed by atoms with Crippen LogP contribution in [0, 0.1) is 12.4 Å². The zero-order valence-corrected chi connectivity index (χ0v) is 14.9. The minimum atomic E-state index is -0.499. The summed E-state index contributed by atoms with van der Waals surface area (Å²) in [6.07, 6.45) is 4.63. The number of amides is 1. The summed E-state index contributed by atoms with van der Waals surface area (Å²) in [6.45, 7) is 13.0. The van der Waals surface area contributed by atoms with Crippen molar-refractivity contribution in [2.75, 3.05) is 26.2 Å². The SMILES string of the molecule is [C-]#[N+]C1(c2ccc(F)cc2)CCC(N2CCCN(C(C)=O)CC2)CC1. The first kappa shape index (κ1) is 17.9. The van der Waals surface area contributed by atoms with Crippen LogP contribution < -0.4 is 0 Å². The third kappa shape index (κ3) is 3.85. The normalized spacial score (nSPS) is 28.2. The first-order valence-electron chi connectivity index (χ1n) is 9.18. The molecule has 134 valence electrons. The summed E-state index contributed by atoms with van der Waals surface area (Å²) in [5.41, 5.74) is 0.447. The maximum atomic E-state index is 13.2. The lowest BCUT2D eigenvalue weighted by molar-refractivity contribution is -0.128. The van der Waals surface area contributed by atoms with E-state index in [1.54, 1.807) is 19.1 Å². The first-order chi connectivity index (χ1) is 12.0. The van der Waals surface area contributed by atoms with E-state index in [4.69, 9.17) is 6.57 Å². The van der Waals surface area contributed by atoms with Crippen LogP contribution in [0.4, 0.5) is 4.39 Å². The van der Waals surface area contributed by atoms with Crippen LogP contribution in [0.2, 0.25) is 0 Å². The number of nitrogens with zero attached hydrogens (tertiary/aromatic N) is 3. The van der Waals surface area contributed by atoms with Crippen LogP contribution in [0.1, 0.15) is 44.6 Å². The molecule has 0 N–H and O–H groups in total. The van der Waals surface area contributed by atoms with Crippen LogP contribution >= 0.6 is 0 Å². The predicted molar refractivity (Wildman–Crippen MR) is 95.4 cm³/mol. The molecule has 0 spiro atoms. The van der Waals surface area contributed by atoms with E-state index >= 15 is 0 Å². The molecule has 25 heavy (non-hydrogen) atoms. The highest BCUT2D eigenvalue weighted by atomic mass is 19.1. The highest BCUT2D eigenvalue weighted by Crippen LogP contribution is 2.42. The highest BCUT2D eigenvalue weighted by molar-refractivity contribution is 5.73. The van der Waals surface area contributed by atoms with Gasteiger partial charge in [-0.15, -0.1) is 0 Å². The van der Waals surface area contributed by atoms with Crippen molar-refractivity contribution in [2.24, 2.45) is 0 Å². The van der Waals surface area contributed by atoms with Gasteiger partial charge < -0.3 is 9.74 Å². The van der Waals surface area contributed by atoms with Crippen molar-refractivity contribution in [3.8, 4) is 0 Å². The van der Waals surface area contributed by atoms with Gasteiger partial charge in [-0.25, -0.2) is 11.0 Å². The maximum Gasteiger partial charge on any atom is 0.257 e. The van der Waals surface area contributed by atoms with Crippen LogP contribution in [-0.4, -0.2) is 47.9 Å². The van der Waals surface area contributed by atoms with Gasteiger partial charge in [-0.1, -0.05) is 0 Å². The monoisotopic (exact) mass is 343 g/mol. The Balaban J connectivity index is 1.63. The van der Waals surface area contributed by atoms with E-state index in [-0.39, 0.29) is 11.7 Å². The van der Waals surface area contributed by atoms with Gasteiger partial charge in [-0.3, -0.25) is 9.69 Å². The molecule has 0 aromatic heterocycles. The van der Waals surface area contributed by atoms with Gasteiger partial charge in [0, 0.05) is 57.5 Å². The third-order valence-electron chi connectivity index (χ3n) is 5.87. The lowest BCUT2D eigenvalue weighted by Crippen LogP contribution is -2.43. The minimum absolute atomic E-state index is 0.161. The van der Waals surface area contributed by atoms with E-state index in [1.165, 1.54) is 12.1 Å². The topological polar surface area (TPSA) is 27.9 Å². The number of benzene rings is 1. The molecule has 1 aromatic carbocycles. The van der Waals surface area contributed by atoms with Gasteiger partial charge in [-0.2, -0.15) is 0 Å². The lowest BCUT2D eigenvalue weighted by Gasteiger charge is -2.37. The second-order valence-electron chi connectivity index (χ2n) is 7.28. The molecule has 4 nitrogen and oxygen atoms in total. The molecule has 1 heterocycles. The van der Waals surface area contributed by atoms with E-state index in [1.807, 2.05) is 4.90 Å². The zero-order valence-electron chi connectivity index (χ0n) is 14.9. The van der Waals surface area contributed by atoms with E-state index in [9.17, 15) is 9.18 Å². The summed E-state index contributed by atoms with van der Waals surface area (Å²) < 4.78 is 13.2. The van der Waals surface area contributed by atoms with E-state index in [2.05, 4.69) is 9.74 Å². The van der Waals surface area contributed by atoms with Gasteiger partial charge in [0.15, 0.2) is 0 Å². The molecule has 0 bridgehead atoms. The third-order valence-corrected chi connectivity index (χ3v) is 5.87. The number of carbonyl (C=O) groups excluding carboxylic acids is 1. The summed E-state index contributed by atoms with van der Waals surface area (Å²) in [7, 11) is 0. The Morgan fingerprint density at radius 1 is 1.16 bits per heavy atom. The molecule has 1 saturated heterocycles. The van der Waals surface area contributed by atoms with Crippen molar-refractivity contribution in [1.29, 1.82) is 0 Å². The fraction of sp³-hybridized carbons (Fsp3) is 0.600. The molecule has 5 heteroatoms. The number of hydrogen-bond donors (Lipinski definition) is 0. The summed E-state index contributed by atoms with van der Waals surface area (Å²) >= 11 is 0. The van der Waals surface area contributed by atoms with Crippen LogP contribution in [-0.2, 0) is 10.3 Å². The fourth-order valence-electron chi connectivity index (χ4n) is 4.29. The second kappa shape index (κ2) is 7.53. The molecule has 0 atom stereocenters. The van der Waals surface area contributed by atoms with Crippen molar-refractivity contribution >= 4 is 5.91 Å². The van der Waals surface area contributed by atoms with Crippen LogP contribution in [0.25, 0.3) is 4.85 Å². The number of hydrogen-bond acceptors (Lipinski definition) is 2. The van der Waals surface area contributed by atoms with Gasteiger partial charge in [-0.05, 0) is 43.5 Å². The summed E-state index contributed by atoms with van der Waals surface area (Å²) in [5, 5.41) is 0.